The van der Waals surface area contributed by atoms with Crippen molar-refractivity contribution < 1.29 is 9.90 Å². The highest BCUT2D eigenvalue weighted by molar-refractivity contribution is 14.1. The monoisotopic (exact) mass is 394 g/mol. The number of rotatable bonds is 4. The summed E-state index contributed by atoms with van der Waals surface area (Å²) in [4.78, 5) is 14.7. The van der Waals surface area contributed by atoms with Crippen LogP contribution in [0.2, 0.25) is 5.02 Å². The number of benzene rings is 1. The number of aromatic nitrogens is 2. The highest BCUT2D eigenvalue weighted by atomic mass is 127. The molecule has 2 aromatic rings. The second-order valence-corrected chi connectivity index (χ2v) is 5.95. The lowest BCUT2D eigenvalue weighted by atomic mass is 10.3. The first kappa shape index (κ1) is 13.7. The van der Waals surface area contributed by atoms with Crippen molar-refractivity contribution in [2.45, 2.75) is 5.16 Å². The average molecular weight is 395 g/mol. The lowest BCUT2D eigenvalue weighted by Crippen LogP contribution is -2.01. The zero-order valence-corrected chi connectivity index (χ0v) is 12.7. The minimum atomic E-state index is -0.872. The second-order valence-electron chi connectivity index (χ2n) is 3.36. The number of halogens is 2. The largest absolute Gasteiger partial charge is 0.481 e. The highest BCUT2D eigenvalue weighted by Gasteiger charge is 2.10. The Kier molecular flexibility index (Phi) is 4.52. The van der Waals surface area contributed by atoms with Gasteiger partial charge in [-0.1, -0.05) is 23.4 Å². The van der Waals surface area contributed by atoms with Gasteiger partial charge in [-0.05, 0) is 40.8 Å². The van der Waals surface area contributed by atoms with Crippen molar-refractivity contribution in [2.24, 2.45) is 0 Å². The van der Waals surface area contributed by atoms with Crippen LogP contribution >= 0.6 is 46.0 Å². The summed E-state index contributed by atoms with van der Waals surface area (Å²) in [7, 11) is 0. The van der Waals surface area contributed by atoms with Gasteiger partial charge in [-0.2, -0.15) is 0 Å². The number of carbonyl (C=O) groups is 1. The molecule has 94 valence electrons. The minimum Gasteiger partial charge on any atom is -0.481 e. The summed E-state index contributed by atoms with van der Waals surface area (Å²) in [5.74, 6) is -0.901. The van der Waals surface area contributed by atoms with Crippen LogP contribution in [0.25, 0.3) is 5.69 Å². The fourth-order valence-corrected chi connectivity index (χ4v) is 3.02. The van der Waals surface area contributed by atoms with Crippen molar-refractivity contribution in [3.05, 3.63) is 39.2 Å². The molecule has 0 aliphatic carbocycles. The van der Waals surface area contributed by atoms with Gasteiger partial charge in [0.25, 0.3) is 0 Å². The van der Waals surface area contributed by atoms with E-state index < -0.39 is 5.97 Å². The molecule has 0 amide bonds. The van der Waals surface area contributed by atoms with Crippen LogP contribution in [0.4, 0.5) is 0 Å². The standard InChI is InChI=1S/C11H8ClIN2O2S/c12-8-5-7(13)1-2-9(8)15-4-3-14-11(15)18-6-10(16)17/h1-5H,6H2,(H,16,17). The summed E-state index contributed by atoms with van der Waals surface area (Å²) in [6.45, 7) is 0. The van der Waals surface area contributed by atoms with Gasteiger partial charge in [-0.25, -0.2) is 4.98 Å². The van der Waals surface area contributed by atoms with E-state index >= 15 is 0 Å². The number of carboxylic acid groups (broad SMARTS) is 1. The first-order valence-corrected chi connectivity index (χ1v) is 7.35. The zero-order chi connectivity index (χ0) is 13.1. The van der Waals surface area contributed by atoms with Gasteiger partial charge in [-0.15, -0.1) is 0 Å². The van der Waals surface area contributed by atoms with Gasteiger partial charge >= 0.3 is 5.97 Å². The van der Waals surface area contributed by atoms with E-state index in [0.29, 0.717) is 10.2 Å². The van der Waals surface area contributed by atoms with Crippen LogP contribution in [0.3, 0.4) is 0 Å². The Labute approximate surface area is 127 Å². The summed E-state index contributed by atoms with van der Waals surface area (Å²) in [5.41, 5.74) is 0.794. The maximum atomic E-state index is 10.6. The van der Waals surface area contributed by atoms with E-state index in [1.807, 2.05) is 18.2 Å². The first-order valence-electron chi connectivity index (χ1n) is 4.91. The van der Waals surface area contributed by atoms with Crippen LogP contribution in [-0.4, -0.2) is 26.4 Å². The molecule has 1 aromatic carbocycles. The third-order valence-corrected chi connectivity index (χ3v) is 4.03. The van der Waals surface area contributed by atoms with Gasteiger partial charge in [0.15, 0.2) is 5.16 Å². The molecule has 4 nitrogen and oxygen atoms in total. The molecule has 0 fully saturated rings. The van der Waals surface area contributed by atoms with E-state index in [2.05, 4.69) is 27.6 Å². The summed E-state index contributed by atoms with van der Waals surface area (Å²) in [5, 5.41) is 9.90. The molecule has 1 heterocycles. The Hall–Kier alpha value is -0.730. The van der Waals surface area contributed by atoms with Crippen LogP contribution in [0.1, 0.15) is 0 Å². The number of thioether (sulfide) groups is 1. The molecule has 0 unspecified atom stereocenters. The molecule has 0 saturated carbocycles. The Balaban J connectivity index is 2.33. The van der Waals surface area contributed by atoms with Crippen molar-refractivity contribution in [2.75, 3.05) is 5.75 Å². The van der Waals surface area contributed by atoms with Gasteiger partial charge in [0.2, 0.25) is 0 Å². The lowest BCUT2D eigenvalue weighted by Gasteiger charge is -2.08. The fourth-order valence-electron chi connectivity index (χ4n) is 1.38. The minimum absolute atomic E-state index is 0.0288. The second kappa shape index (κ2) is 5.94. The van der Waals surface area contributed by atoms with Crippen molar-refractivity contribution in [1.29, 1.82) is 0 Å². The maximum absolute atomic E-state index is 10.6. The fraction of sp³-hybridized carbons (Fsp3) is 0.0909. The highest BCUT2D eigenvalue weighted by Crippen LogP contribution is 2.27. The van der Waals surface area contributed by atoms with Gasteiger partial charge in [0, 0.05) is 16.0 Å². The Bertz CT molecular complexity index is 588. The zero-order valence-electron chi connectivity index (χ0n) is 9.01. The molecule has 0 radical (unpaired) electrons. The van der Waals surface area contributed by atoms with Crippen molar-refractivity contribution in [3.63, 3.8) is 0 Å². The number of aliphatic carboxylic acids is 1. The number of carboxylic acids is 1. The number of imidazole rings is 1. The lowest BCUT2D eigenvalue weighted by molar-refractivity contribution is -0.133. The molecule has 0 spiro atoms. The first-order chi connectivity index (χ1) is 8.58. The smallest absolute Gasteiger partial charge is 0.313 e. The van der Waals surface area contributed by atoms with Crippen molar-refractivity contribution >= 4 is 51.9 Å². The normalized spacial score (nSPS) is 10.6. The summed E-state index contributed by atoms with van der Waals surface area (Å²) in [6.07, 6.45) is 3.39. The SMILES string of the molecule is O=C(O)CSc1nccn1-c1ccc(I)cc1Cl. The molecule has 0 saturated heterocycles. The number of hydrogen-bond donors (Lipinski definition) is 1. The topological polar surface area (TPSA) is 55.1 Å². The summed E-state index contributed by atoms with van der Waals surface area (Å²) >= 11 is 9.52. The van der Waals surface area contributed by atoms with E-state index in [9.17, 15) is 4.79 Å². The molecule has 7 heteroatoms. The van der Waals surface area contributed by atoms with Gasteiger partial charge < -0.3 is 5.11 Å². The summed E-state index contributed by atoms with van der Waals surface area (Å²) in [6, 6.07) is 5.67. The number of hydrogen-bond acceptors (Lipinski definition) is 3. The molecule has 1 aromatic heterocycles. The Morgan fingerprint density at radius 3 is 3.00 bits per heavy atom. The predicted molar refractivity (Wildman–Crippen MR) is 79.7 cm³/mol. The predicted octanol–water partition coefficient (Wildman–Crippen LogP) is 3.31. The molecule has 18 heavy (non-hydrogen) atoms. The summed E-state index contributed by atoms with van der Waals surface area (Å²) < 4.78 is 2.83. The van der Waals surface area contributed by atoms with Crippen LogP contribution in [0.15, 0.2) is 35.7 Å². The Morgan fingerprint density at radius 2 is 2.33 bits per heavy atom. The van der Waals surface area contributed by atoms with E-state index in [1.54, 1.807) is 17.0 Å². The third-order valence-electron chi connectivity index (χ3n) is 2.10. The van der Waals surface area contributed by atoms with Gasteiger partial charge in [0.05, 0.1) is 16.5 Å². The Morgan fingerprint density at radius 1 is 1.56 bits per heavy atom. The van der Waals surface area contributed by atoms with E-state index in [1.165, 1.54) is 0 Å². The molecule has 2 rings (SSSR count). The maximum Gasteiger partial charge on any atom is 0.313 e. The van der Waals surface area contributed by atoms with Crippen LogP contribution in [-0.2, 0) is 4.79 Å². The van der Waals surface area contributed by atoms with Gasteiger partial charge in [0.1, 0.15) is 0 Å². The van der Waals surface area contributed by atoms with E-state index in [0.717, 1.165) is 21.0 Å². The average Bonchev–Trinajstić information content (AvgIpc) is 2.74. The third kappa shape index (κ3) is 3.18. The van der Waals surface area contributed by atoms with Crippen molar-refractivity contribution in [3.8, 4) is 5.69 Å². The van der Waals surface area contributed by atoms with Crippen LogP contribution < -0.4 is 0 Å². The van der Waals surface area contributed by atoms with Gasteiger partial charge in [-0.3, -0.25) is 9.36 Å². The molecule has 0 aliphatic heterocycles. The quantitative estimate of drug-likeness (QED) is 0.638. The molecule has 0 aliphatic rings. The van der Waals surface area contributed by atoms with Crippen molar-refractivity contribution in [1.82, 2.24) is 9.55 Å². The van der Waals surface area contributed by atoms with E-state index in [4.69, 9.17) is 16.7 Å². The molecule has 0 bridgehead atoms. The van der Waals surface area contributed by atoms with Crippen LogP contribution in [0.5, 0.6) is 0 Å². The van der Waals surface area contributed by atoms with E-state index in [-0.39, 0.29) is 5.75 Å². The number of nitrogens with zero attached hydrogens (tertiary/aromatic N) is 2. The molecular formula is C11H8ClIN2O2S. The molecular weight excluding hydrogens is 387 g/mol. The van der Waals surface area contributed by atoms with Crippen LogP contribution in [0, 0.1) is 3.57 Å². The molecule has 1 N–H and O–H groups in total. The molecule has 0 atom stereocenters.